The zero-order chi connectivity index (χ0) is 7.07. The summed E-state index contributed by atoms with van der Waals surface area (Å²) in [7, 11) is 0. The van der Waals surface area contributed by atoms with Crippen LogP contribution in [0, 0.1) is 5.41 Å². The highest BCUT2D eigenvalue weighted by atomic mass is 79.9. The Morgan fingerprint density at radius 1 is 1.67 bits per heavy atom. The molecule has 0 aromatic heterocycles. The van der Waals surface area contributed by atoms with Crippen LogP contribution in [0.25, 0.3) is 0 Å². The number of hydrogen-bond donors (Lipinski definition) is 0. The maximum absolute atomic E-state index is 4.04. The van der Waals surface area contributed by atoms with Crippen LogP contribution in [0.4, 0.5) is 0 Å². The summed E-state index contributed by atoms with van der Waals surface area (Å²) in [5.41, 5.74) is 1.75. The maximum Gasteiger partial charge on any atom is 0.0357 e. The van der Waals surface area contributed by atoms with Crippen LogP contribution in [0.5, 0.6) is 0 Å². The van der Waals surface area contributed by atoms with Crippen LogP contribution in [-0.2, 0) is 0 Å². The van der Waals surface area contributed by atoms with Gasteiger partial charge in [-0.1, -0.05) is 41.9 Å². The molecule has 1 aliphatic carbocycles. The number of allylic oxidation sites excluding steroid dienone is 1. The molecule has 0 amide bonds. The van der Waals surface area contributed by atoms with E-state index in [1.165, 1.54) is 18.4 Å². The van der Waals surface area contributed by atoms with E-state index in [1.807, 2.05) is 0 Å². The minimum atomic E-state index is 0.383. The molecule has 1 rings (SSSR count). The Labute approximate surface area is 65.5 Å². The van der Waals surface area contributed by atoms with Crippen molar-refractivity contribution in [2.45, 2.75) is 31.5 Å². The van der Waals surface area contributed by atoms with Gasteiger partial charge < -0.3 is 0 Å². The van der Waals surface area contributed by atoms with Gasteiger partial charge in [0.15, 0.2) is 0 Å². The molecule has 0 nitrogen and oxygen atoms in total. The summed E-state index contributed by atoms with van der Waals surface area (Å²) in [6, 6.07) is 0. The molecule has 1 saturated carbocycles. The second-order valence-electron chi connectivity index (χ2n) is 3.42. The quantitative estimate of drug-likeness (QED) is 0.405. The third-order valence-corrected chi connectivity index (χ3v) is 3.28. The lowest BCUT2D eigenvalue weighted by molar-refractivity contribution is 0.463. The van der Waals surface area contributed by atoms with Crippen molar-refractivity contribution in [1.82, 2.24) is 0 Å². The van der Waals surface area contributed by atoms with E-state index in [1.54, 1.807) is 0 Å². The molecule has 52 valence electrons. The Morgan fingerprint density at radius 2 is 2.22 bits per heavy atom. The molecule has 0 radical (unpaired) electrons. The van der Waals surface area contributed by atoms with E-state index in [2.05, 4.69) is 36.4 Å². The van der Waals surface area contributed by atoms with Crippen molar-refractivity contribution < 1.29 is 0 Å². The Bertz CT molecular complexity index is 136. The molecule has 1 unspecified atom stereocenters. The van der Waals surface area contributed by atoms with Gasteiger partial charge in [-0.2, -0.15) is 0 Å². The SMILES string of the molecule is C=C1C(Br)CCC1(C)C. The zero-order valence-electron chi connectivity index (χ0n) is 6.08. The van der Waals surface area contributed by atoms with E-state index in [4.69, 9.17) is 0 Å². The third-order valence-electron chi connectivity index (χ3n) is 2.27. The van der Waals surface area contributed by atoms with Gasteiger partial charge >= 0.3 is 0 Å². The summed E-state index contributed by atoms with van der Waals surface area (Å²) >= 11 is 3.58. The standard InChI is InChI=1S/C8H13Br/c1-6-7(9)4-5-8(6,2)3/h7H,1,4-5H2,2-3H3. The fraction of sp³-hybridized carbons (Fsp3) is 0.750. The molecule has 0 N–H and O–H groups in total. The van der Waals surface area contributed by atoms with Gasteiger partial charge in [0.1, 0.15) is 0 Å². The molecule has 0 saturated heterocycles. The van der Waals surface area contributed by atoms with Crippen molar-refractivity contribution in [1.29, 1.82) is 0 Å². The Hall–Kier alpha value is 0.220. The van der Waals surface area contributed by atoms with Gasteiger partial charge in [-0.3, -0.25) is 0 Å². The molecule has 1 fully saturated rings. The van der Waals surface area contributed by atoms with Crippen LogP contribution < -0.4 is 0 Å². The van der Waals surface area contributed by atoms with E-state index in [0.29, 0.717) is 10.2 Å². The summed E-state index contributed by atoms with van der Waals surface area (Å²) in [5, 5.41) is 0. The first kappa shape index (κ1) is 7.33. The molecule has 0 aliphatic heterocycles. The molecular weight excluding hydrogens is 176 g/mol. The average Bonchev–Trinajstić information content (AvgIpc) is 1.97. The number of hydrogen-bond acceptors (Lipinski definition) is 0. The minimum absolute atomic E-state index is 0.383. The highest BCUT2D eigenvalue weighted by molar-refractivity contribution is 9.09. The molecule has 1 atom stereocenters. The first-order valence-corrected chi connectivity index (χ1v) is 4.29. The van der Waals surface area contributed by atoms with Crippen LogP contribution in [0.1, 0.15) is 26.7 Å². The van der Waals surface area contributed by atoms with Crippen molar-refractivity contribution in [2.75, 3.05) is 0 Å². The normalized spacial score (nSPS) is 33.2. The van der Waals surface area contributed by atoms with Crippen molar-refractivity contribution in [3.8, 4) is 0 Å². The second kappa shape index (κ2) is 2.12. The zero-order valence-corrected chi connectivity index (χ0v) is 7.66. The van der Waals surface area contributed by atoms with Crippen molar-refractivity contribution >= 4 is 15.9 Å². The van der Waals surface area contributed by atoms with Crippen LogP contribution in [0.15, 0.2) is 12.2 Å². The van der Waals surface area contributed by atoms with E-state index in [9.17, 15) is 0 Å². The predicted octanol–water partition coefficient (Wildman–Crippen LogP) is 3.13. The molecule has 1 heteroatoms. The van der Waals surface area contributed by atoms with Gasteiger partial charge in [0, 0.05) is 4.83 Å². The van der Waals surface area contributed by atoms with Crippen molar-refractivity contribution in [2.24, 2.45) is 5.41 Å². The molecular formula is C8H13Br. The van der Waals surface area contributed by atoms with E-state index < -0.39 is 0 Å². The number of rotatable bonds is 0. The monoisotopic (exact) mass is 188 g/mol. The largest absolute Gasteiger partial charge is 0.0982 e. The van der Waals surface area contributed by atoms with Crippen LogP contribution in [-0.4, -0.2) is 4.83 Å². The van der Waals surface area contributed by atoms with Crippen molar-refractivity contribution in [3.05, 3.63) is 12.2 Å². The third kappa shape index (κ3) is 1.21. The van der Waals surface area contributed by atoms with Gasteiger partial charge in [0.25, 0.3) is 0 Å². The van der Waals surface area contributed by atoms with E-state index >= 15 is 0 Å². The van der Waals surface area contributed by atoms with Gasteiger partial charge in [-0.15, -0.1) is 0 Å². The highest BCUT2D eigenvalue weighted by Crippen LogP contribution is 2.44. The summed E-state index contributed by atoms with van der Waals surface area (Å²) in [4.78, 5) is 0.576. The lowest BCUT2D eigenvalue weighted by Crippen LogP contribution is -2.08. The minimum Gasteiger partial charge on any atom is -0.0982 e. The Balaban J connectivity index is 2.74. The van der Waals surface area contributed by atoms with Crippen LogP contribution in [0.2, 0.25) is 0 Å². The molecule has 1 aliphatic rings. The molecule has 9 heavy (non-hydrogen) atoms. The Morgan fingerprint density at radius 3 is 2.33 bits per heavy atom. The fourth-order valence-electron chi connectivity index (χ4n) is 1.25. The molecule has 0 aromatic carbocycles. The van der Waals surface area contributed by atoms with Gasteiger partial charge in [-0.05, 0) is 18.3 Å². The second-order valence-corrected chi connectivity index (χ2v) is 4.52. The smallest absolute Gasteiger partial charge is 0.0357 e. The first-order chi connectivity index (χ1) is 4.04. The van der Waals surface area contributed by atoms with Gasteiger partial charge in [0.2, 0.25) is 0 Å². The maximum atomic E-state index is 4.04. The van der Waals surface area contributed by atoms with E-state index in [0.717, 1.165) is 0 Å². The Kier molecular flexibility index (Phi) is 1.73. The molecule has 0 heterocycles. The van der Waals surface area contributed by atoms with Crippen LogP contribution in [0.3, 0.4) is 0 Å². The summed E-state index contributed by atoms with van der Waals surface area (Å²) in [6.45, 7) is 8.56. The number of halogens is 1. The molecule has 0 spiro atoms. The van der Waals surface area contributed by atoms with Crippen LogP contribution >= 0.6 is 15.9 Å². The topological polar surface area (TPSA) is 0 Å². The lowest BCUT2D eigenvalue weighted by Gasteiger charge is -2.18. The summed E-state index contributed by atoms with van der Waals surface area (Å²) in [6.07, 6.45) is 2.54. The molecule has 0 aromatic rings. The van der Waals surface area contributed by atoms with Gasteiger partial charge in [-0.25, -0.2) is 0 Å². The highest BCUT2D eigenvalue weighted by Gasteiger charge is 2.33. The number of alkyl halides is 1. The summed E-state index contributed by atoms with van der Waals surface area (Å²) < 4.78 is 0. The average molecular weight is 189 g/mol. The summed E-state index contributed by atoms with van der Waals surface area (Å²) in [5.74, 6) is 0. The first-order valence-electron chi connectivity index (χ1n) is 3.37. The fourth-order valence-corrected chi connectivity index (χ4v) is 2.09. The lowest BCUT2D eigenvalue weighted by atomic mass is 9.88. The van der Waals surface area contributed by atoms with Gasteiger partial charge in [0.05, 0.1) is 0 Å². The van der Waals surface area contributed by atoms with E-state index in [-0.39, 0.29) is 0 Å². The van der Waals surface area contributed by atoms with Crippen molar-refractivity contribution in [3.63, 3.8) is 0 Å². The molecule has 0 bridgehead atoms. The predicted molar refractivity (Wildman–Crippen MR) is 44.9 cm³/mol.